The van der Waals surface area contributed by atoms with Crippen molar-refractivity contribution < 1.29 is 9.21 Å². The van der Waals surface area contributed by atoms with Crippen molar-refractivity contribution in [2.45, 2.75) is 26.8 Å². The van der Waals surface area contributed by atoms with E-state index in [1.807, 2.05) is 54.0 Å². The average molecular weight is 372 g/mol. The number of rotatable bonds is 6. The number of nitrogens with zero attached hydrogens (tertiary/aromatic N) is 1. The van der Waals surface area contributed by atoms with E-state index in [2.05, 4.69) is 36.5 Å². The van der Waals surface area contributed by atoms with Gasteiger partial charge in [-0.25, -0.2) is 0 Å². The first-order valence-corrected chi connectivity index (χ1v) is 9.58. The first kappa shape index (κ1) is 18.1. The molecule has 28 heavy (non-hydrogen) atoms. The molecule has 142 valence electrons. The Morgan fingerprint density at radius 2 is 1.75 bits per heavy atom. The van der Waals surface area contributed by atoms with E-state index in [0.29, 0.717) is 18.8 Å². The van der Waals surface area contributed by atoms with Crippen LogP contribution in [0.1, 0.15) is 32.9 Å². The Kier molecular flexibility index (Phi) is 5.02. The lowest BCUT2D eigenvalue weighted by Gasteiger charge is -2.12. The normalized spacial score (nSPS) is 11.1. The monoisotopic (exact) mass is 372 g/mol. The van der Waals surface area contributed by atoms with Crippen LogP contribution in [0.5, 0.6) is 0 Å². The van der Waals surface area contributed by atoms with Gasteiger partial charge in [-0.05, 0) is 37.0 Å². The fraction of sp³-hybridized carbons (Fsp3) is 0.208. The van der Waals surface area contributed by atoms with Gasteiger partial charge < -0.3 is 14.3 Å². The molecule has 4 nitrogen and oxygen atoms in total. The highest BCUT2D eigenvalue weighted by atomic mass is 16.3. The predicted octanol–water partition coefficient (Wildman–Crippen LogP) is 4.87. The summed E-state index contributed by atoms with van der Waals surface area (Å²) in [6, 6.07) is 22.3. The van der Waals surface area contributed by atoms with E-state index in [1.165, 1.54) is 16.7 Å². The fourth-order valence-corrected chi connectivity index (χ4v) is 3.54. The molecule has 0 aliphatic carbocycles. The maximum absolute atomic E-state index is 12.9. The number of nitrogens with one attached hydrogen (secondary N) is 1. The van der Waals surface area contributed by atoms with Gasteiger partial charge in [0.1, 0.15) is 11.5 Å². The molecule has 0 aliphatic rings. The summed E-state index contributed by atoms with van der Waals surface area (Å²) in [4.78, 5) is 12.9. The average Bonchev–Trinajstić information content (AvgIpc) is 3.21. The molecule has 4 heteroatoms. The molecule has 0 unspecified atom stereocenters. The van der Waals surface area contributed by atoms with Gasteiger partial charge in [-0.1, -0.05) is 54.6 Å². The maximum Gasteiger partial charge on any atom is 0.268 e. The van der Waals surface area contributed by atoms with Crippen LogP contribution >= 0.6 is 0 Å². The zero-order valence-corrected chi connectivity index (χ0v) is 16.2. The Morgan fingerprint density at radius 1 is 1.00 bits per heavy atom. The lowest BCUT2D eigenvalue weighted by Crippen LogP contribution is -2.28. The molecular weight excluding hydrogens is 348 g/mol. The van der Waals surface area contributed by atoms with Crippen LogP contribution in [0, 0.1) is 13.8 Å². The molecule has 0 atom stereocenters. The van der Waals surface area contributed by atoms with Crippen molar-refractivity contribution in [3.63, 3.8) is 0 Å². The minimum Gasteiger partial charge on any atom is -0.460 e. The summed E-state index contributed by atoms with van der Waals surface area (Å²) in [7, 11) is 0. The summed E-state index contributed by atoms with van der Waals surface area (Å²) in [6.07, 6.45) is 0.806. The SMILES string of the molecule is Cc1cc2c(cc(C(=O)NCCc3ccccc3)n2Cc2ccccc2C)o1. The van der Waals surface area contributed by atoms with Crippen molar-refractivity contribution in [2.24, 2.45) is 0 Å². The highest BCUT2D eigenvalue weighted by molar-refractivity contribution is 5.97. The summed E-state index contributed by atoms with van der Waals surface area (Å²) in [5.74, 6) is 0.771. The van der Waals surface area contributed by atoms with Gasteiger partial charge in [0.25, 0.3) is 5.91 Å². The molecule has 2 aromatic heterocycles. The maximum atomic E-state index is 12.9. The molecule has 0 aliphatic heterocycles. The predicted molar refractivity (Wildman–Crippen MR) is 112 cm³/mol. The quantitative estimate of drug-likeness (QED) is 0.525. The van der Waals surface area contributed by atoms with E-state index >= 15 is 0 Å². The summed E-state index contributed by atoms with van der Waals surface area (Å²) < 4.78 is 7.83. The molecule has 0 radical (unpaired) electrons. The number of aromatic nitrogens is 1. The van der Waals surface area contributed by atoms with Crippen molar-refractivity contribution >= 4 is 17.0 Å². The van der Waals surface area contributed by atoms with Gasteiger partial charge in [0.15, 0.2) is 5.58 Å². The minimum absolute atomic E-state index is 0.0754. The van der Waals surface area contributed by atoms with Crippen LogP contribution in [-0.4, -0.2) is 17.0 Å². The van der Waals surface area contributed by atoms with Crippen LogP contribution in [0.4, 0.5) is 0 Å². The zero-order chi connectivity index (χ0) is 19.5. The van der Waals surface area contributed by atoms with Gasteiger partial charge in [0.2, 0.25) is 0 Å². The second kappa shape index (κ2) is 7.77. The van der Waals surface area contributed by atoms with Crippen molar-refractivity contribution in [3.05, 3.63) is 94.9 Å². The Labute approximate surface area is 164 Å². The van der Waals surface area contributed by atoms with E-state index in [1.54, 1.807) is 0 Å². The van der Waals surface area contributed by atoms with E-state index in [4.69, 9.17) is 4.42 Å². The standard InChI is InChI=1S/C24H24N2O2/c1-17-8-6-7-11-20(17)16-26-21-14-18(2)28-23(21)15-22(26)24(27)25-13-12-19-9-4-3-5-10-19/h3-11,14-15H,12-13,16H2,1-2H3,(H,25,27). The summed E-state index contributed by atoms with van der Waals surface area (Å²) in [5, 5.41) is 3.05. The summed E-state index contributed by atoms with van der Waals surface area (Å²) >= 11 is 0. The van der Waals surface area contributed by atoms with Crippen molar-refractivity contribution in [1.82, 2.24) is 9.88 Å². The van der Waals surface area contributed by atoms with Crippen LogP contribution in [0.2, 0.25) is 0 Å². The summed E-state index contributed by atoms with van der Waals surface area (Å²) in [6.45, 7) is 5.25. The first-order valence-electron chi connectivity index (χ1n) is 9.58. The Bertz CT molecular complexity index is 1110. The van der Waals surface area contributed by atoms with Crippen LogP contribution in [-0.2, 0) is 13.0 Å². The third kappa shape index (κ3) is 3.72. The largest absolute Gasteiger partial charge is 0.460 e. The highest BCUT2D eigenvalue weighted by Gasteiger charge is 2.18. The van der Waals surface area contributed by atoms with E-state index in [0.717, 1.165) is 23.3 Å². The van der Waals surface area contributed by atoms with Gasteiger partial charge in [-0.2, -0.15) is 0 Å². The second-order valence-corrected chi connectivity index (χ2v) is 7.14. The molecule has 1 amide bonds. The third-order valence-corrected chi connectivity index (χ3v) is 5.08. The van der Waals surface area contributed by atoms with Gasteiger partial charge in [-0.3, -0.25) is 4.79 Å². The van der Waals surface area contributed by atoms with Crippen LogP contribution in [0.15, 0.2) is 71.1 Å². The number of aryl methyl sites for hydroxylation is 2. The Balaban J connectivity index is 1.58. The van der Waals surface area contributed by atoms with Gasteiger partial charge in [0.05, 0.1) is 5.52 Å². The zero-order valence-electron chi connectivity index (χ0n) is 16.2. The number of benzene rings is 2. The van der Waals surface area contributed by atoms with Crippen LogP contribution in [0.25, 0.3) is 11.1 Å². The van der Waals surface area contributed by atoms with E-state index in [-0.39, 0.29) is 5.91 Å². The lowest BCUT2D eigenvalue weighted by molar-refractivity contribution is 0.0945. The molecule has 1 N–H and O–H groups in total. The third-order valence-electron chi connectivity index (χ3n) is 5.08. The number of furan rings is 1. The van der Waals surface area contributed by atoms with E-state index in [9.17, 15) is 4.79 Å². The number of amides is 1. The molecule has 4 aromatic rings. The molecule has 0 bridgehead atoms. The molecule has 4 rings (SSSR count). The first-order chi connectivity index (χ1) is 13.6. The van der Waals surface area contributed by atoms with Gasteiger partial charge >= 0.3 is 0 Å². The smallest absolute Gasteiger partial charge is 0.268 e. The van der Waals surface area contributed by atoms with E-state index < -0.39 is 0 Å². The number of hydrogen-bond acceptors (Lipinski definition) is 2. The molecule has 0 saturated carbocycles. The van der Waals surface area contributed by atoms with Crippen LogP contribution in [0.3, 0.4) is 0 Å². The molecule has 0 fully saturated rings. The molecule has 2 aromatic carbocycles. The molecule has 2 heterocycles. The topological polar surface area (TPSA) is 47.2 Å². The van der Waals surface area contributed by atoms with Crippen LogP contribution < -0.4 is 5.32 Å². The highest BCUT2D eigenvalue weighted by Crippen LogP contribution is 2.25. The molecule has 0 spiro atoms. The van der Waals surface area contributed by atoms with Crippen molar-refractivity contribution in [3.8, 4) is 0 Å². The number of carbonyl (C=O) groups excluding carboxylic acids is 1. The lowest BCUT2D eigenvalue weighted by atomic mass is 10.1. The van der Waals surface area contributed by atoms with Gasteiger partial charge in [0, 0.05) is 25.2 Å². The number of hydrogen-bond donors (Lipinski definition) is 1. The summed E-state index contributed by atoms with van der Waals surface area (Å²) in [5.41, 5.74) is 5.94. The molecule has 0 saturated heterocycles. The second-order valence-electron chi connectivity index (χ2n) is 7.14. The van der Waals surface area contributed by atoms with Crippen molar-refractivity contribution in [2.75, 3.05) is 6.54 Å². The fourth-order valence-electron chi connectivity index (χ4n) is 3.54. The number of fused-ring (bicyclic) bond motifs is 1. The van der Waals surface area contributed by atoms with Crippen molar-refractivity contribution in [1.29, 1.82) is 0 Å². The Morgan fingerprint density at radius 3 is 2.54 bits per heavy atom. The van der Waals surface area contributed by atoms with Gasteiger partial charge in [-0.15, -0.1) is 0 Å². The Hall–Kier alpha value is -3.27. The number of carbonyl (C=O) groups is 1. The minimum atomic E-state index is -0.0754. The molecular formula is C24H24N2O2.